The first kappa shape index (κ1) is 18.4. The van der Waals surface area contributed by atoms with Crippen LogP contribution >= 0.6 is 11.3 Å². The number of sulfonamides is 1. The van der Waals surface area contributed by atoms with Crippen molar-refractivity contribution in [2.75, 3.05) is 22.0 Å². The number of primary amides is 1. The van der Waals surface area contributed by atoms with E-state index in [0.717, 1.165) is 30.4 Å². The summed E-state index contributed by atoms with van der Waals surface area (Å²) in [6.45, 7) is 0. The van der Waals surface area contributed by atoms with Crippen LogP contribution in [0.15, 0.2) is 24.3 Å². The maximum Gasteiger partial charge on any atom is 0.260 e. The van der Waals surface area contributed by atoms with E-state index in [9.17, 15) is 13.2 Å². The molecule has 1 amide bonds. The van der Waals surface area contributed by atoms with Crippen molar-refractivity contribution in [3.05, 3.63) is 29.1 Å². The summed E-state index contributed by atoms with van der Waals surface area (Å²) in [5.74, 6) is -0.195. The minimum atomic E-state index is -3.43. The van der Waals surface area contributed by atoms with E-state index in [1.807, 2.05) is 0 Å². The number of thiophene rings is 1. The largest absolute Gasteiger partial charge is 0.397 e. The topological polar surface area (TPSA) is 153 Å². The van der Waals surface area contributed by atoms with Gasteiger partial charge in [-0.2, -0.15) is 0 Å². The fourth-order valence-electron chi connectivity index (χ4n) is 2.83. The van der Waals surface area contributed by atoms with Crippen molar-refractivity contribution in [1.29, 1.82) is 0 Å². The van der Waals surface area contributed by atoms with Gasteiger partial charge in [0.2, 0.25) is 16.0 Å². The number of carbonyl (C=O) groups excluding carboxylic acids is 1. The van der Waals surface area contributed by atoms with Crippen molar-refractivity contribution in [3.63, 3.8) is 0 Å². The Kier molecular flexibility index (Phi) is 4.35. The Morgan fingerprint density at radius 1 is 1.29 bits per heavy atom. The van der Waals surface area contributed by atoms with Gasteiger partial charge in [0, 0.05) is 17.3 Å². The van der Waals surface area contributed by atoms with Crippen molar-refractivity contribution in [2.45, 2.75) is 18.9 Å². The summed E-state index contributed by atoms with van der Waals surface area (Å²) in [7, 11) is -3.43. The molecule has 146 valence electrons. The van der Waals surface area contributed by atoms with Crippen molar-refractivity contribution in [2.24, 2.45) is 5.73 Å². The summed E-state index contributed by atoms with van der Waals surface area (Å²) in [5, 5.41) is 3.77. The standard InChI is InChI=1S/C17H18N6O3S2/c1-28(25,26)23-10-4-2-3-8(7-10)13-11-12(18)14(15(19)24)27-16(11)22-17(21-13)20-9-5-6-9/h2-4,7,9,23H,5-6,18H2,1H3,(H2,19,24)(H,20,21,22). The van der Waals surface area contributed by atoms with Crippen LogP contribution in [-0.2, 0) is 10.0 Å². The highest BCUT2D eigenvalue weighted by Crippen LogP contribution is 2.39. The number of amides is 1. The molecule has 9 nitrogen and oxygen atoms in total. The van der Waals surface area contributed by atoms with Crippen LogP contribution < -0.4 is 21.5 Å². The maximum atomic E-state index is 11.7. The number of nitrogen functional groups attached to an aromatic ring is 1. The number of anilines is 3. The van der Waals surface area contributed by atoms with Gasteiger partial charge in [-0.25, -0.2) is 18.4 Å². The van der Waals surface area contributed by atoms with Gasteiger partial charge >= 0.3 is 0 Å². The van der Waals surface area contributed by atoms with Gasteiger partial charge in [-0.3, -0.25) is 9.52 Å². The molecule has 0 saturated heterocycles. The molecule has 4 rings (SSSR count). The first-order valence-corrected chi connectivity index (χ1v) is 11.2. The van der Waals surface area contributed by atoms with Gasteiger partial charge in [0.15, 0.2) is 0 Å². The van der Waals surface area contributed by atoms with Crippen LogP contribution in [0.4, 0.5) is 17.3 Å². The molecule has 6 N–H and O–H groups in total. The molecular weight excluding hydrogens is 400 g/mol. The molecular formula is C17H18N6O3S2. The van der Waals surface area contributed by atoms with Crippen LogP contribution in [0.1, 0.15) is 22.5 Å². The number of hydrogen-bond acceptors (Lipinski definition) is 8. The van der Waals surface area contributed by atoms with E-state index in [2.05, 4.69) is 20.0 Å². The molecule has 0 spiro atoms. The molecule has 0 aliphatic heterocycles. The van der Waals surface area contributed by atoms with Crippen molar-refractivity contribution in [1.82, 2.24) is 9.97 Å². The van der Waals surface area contributed by atoms with Gasteiger partial charge in [0.1, 0.15) is 9.71 Å². The number of carbonyl (C=O) groups is 1. The first-order chi connectivity index (χ1) is 13.2. The number of rotatable bonds is 6. The third kappa shape index (κ3) is 3.71. The predicted octanol–water partition coefficient (Wildman–Crippen LogP) is 1.99. The number of nitrogens with zero attached hydrogens (tertiary/aromatic N) is 2. The third-order valence-electron chi connectivity index (χ3n) is 4.16. The van der Waals surface area contributed by atoms with Gasteiger partial charge in [-0.05, 0) is 25.0 Å². The second-order valence-electron chi connectivity index (χ2n) is 6.66. The van der Waals surface area contributed by atoms with Crippen molar-refractivity contribution >= 4 is 54.8 Å². The number of nitrogens with one attached hydrogen (secondary N) is 2. The van der Waals surface area contributed by atoms with E-state index in [1.54, 1.807) is 24.3 Å². The van der Waals surface area contributed by atoms with Crippen LogP contribution in [-0.4, -0.2) is 36.6 Å². The smallest absolute Gasteiger partial charge is 0.260 e. The lowest BCUT2D eigenvalue weighted by molar-refractivity contribution is 0.100. The third-order valence-corrected chi connectivity index (χ3v) is 5.88. The van der Waals surface area contributed by atoms with Crippen LogP contribution in [0.5, 0.6) is 0 Å². The van der Waals surface area contributed by atoms with Crippen LogP contribution in [0.3, 0.4) is 0 Å². The van der Waals surface area contributed by atoms with E-state index in [1.165, 1.54) is 0 Å². The van der Waals surface area contributed by atoms with E-state index < -0.39 is 15.9 Å². The number of aromatic nitrogens is 2. The molecule has 2 aromatic heterocycles. The van der Waals surface area contributed by atoms with E-state index in [-0.39, 0.29) is 10.6 Å². The Balaban J connectivity index is 1.91. The van der Waals surface area contributed by atoms with E-state index in [0.29, 0.717) is 39.2 Å². The molecule has 2 heterocycles. The number of hydrogen-bond donors (Lipinski definition) is 4. The number of nitrogens with two attached hydrogens (primary N) is 2. The molecule has 1 aliphatic rings. The first-order valence-electron chi connectivity index (χ1n) is 8.46. The van der Waals surface area contributed by atoms with Gasteiger partial charge in [-0.15, -0.1) is 11.3 Å². The summed E-state index contributed by atoms with van der Waals surface area (Å²) >= 11 is 1.11. The molecule has 3 aromatic rings. The summed E-state index contributed by atoms with van der Waals surface area (Å²) in [5.41, 5.74) is 13.4. The minimum absolute atomic E-state index is 0.222. The second-order valence-corrected chi connectivity index (χ2v) is 9.41. The Morgan fingerprint density at radius 3 is 2.68 bits per heavy atom. The van der Waals surface area contributed by atoms with Gasteiger partial charge in [-0.1, -0.05) is 12.1 Å². The fraction of sp³-hybridized carbons (Fsp3) is 0.235. The van der Waals surface area contributed by atoms with Crippen LogP contribution in [0.2, 0.25) is 0 Å². The molecule has 0 atom stereocenters. The zero-order chi connectivity index (χ0) is 20.1. The molecule has 28 heavy (non-hydrogen) atoms. The molecule has 0 unspecified atom stereocenters. The monoisotopic (exact) mass is 418 g/mol. The molecule has 0 radical (unpaired) electrons. The Morgan fingerprint density at radius 2 is 2.04 bits per heavy atom. The molecule has 1 saturated carbocycles. The Labute approximate surface area is 165 Å². The summed E-state index contributed by atoms with van der Waals surface area (Å²) in [6.07, 6.45) is 3.17. The van der Waals surface area contributed by atoms with Crippen molar-refractivity contribution < 1.29 is 13.2 Å². The zero-order valence-electron chi connectivity index (χ0n) is 14.9. The highest BCUT2D eigenvalue weighted by Gasteiger charge is 2.25. The van der Waals surface area contributed by atoms with Gasteiger partial charge in [0.05, 0.1) is 23.0 Å². The lowest BCUT2D eigenvalue weighted by Gasteiger charge is -2.10. The number of benzene rings is 1. The lowest BCUT2D eigenvalue weighted by Crippen LogP contribution is -2.11. The van der Waals surface area contributed by atoms with Gasteiger partial charge in [0.25, 0.3) is 5.91 Å². The highest BCUT2D eigenvalue weighted by atomic mass is 32.2. The predicted molar refractivity (Wildman–Crippen MR) is 111 cm³/mol. The SMILES string of the molecule is CS(=O)(=O)Nc1cccc(-c2nc(NC3CC3)nc3sc(C(N)=O)c(N)c23)c1. The lowest BCUT2D eigenvalue weighted by atomic mass is 10.1. The molecule has 1 aromatic carbocycles. The maximum absolute atomic E-state index is 11.7. The normalized spacial score (nSPS) is 14.2. The highest BCUT2D eigenvalue weighted by molar-refractivity contribution is 7.92. The van der Waals surface area contributed by atoms with E-state index in [4.69, 9.17) is 11.5 Å². The number of fused-ring (bicyclic) bond motifs is 1. The summed E-state index contributed by atoms with van der Waals surface area (Å²) in [4.78, 5) is 21.6. The Bertz CT molecular complexity index is 1200. The quantitative estimate of drug-likeness (QED) is 0.477. The molecule has 1 fully saturated rings. The zero-order valence-corrected chi connectivity index (χ0v) is 16.5. The second kappa shape index (κ2) is 6.60. The molecule has 0 bridgehead atoms. The van der Waals surface area contributed by atoms with Gasteiger partial charge < -0.3 is 16.8 Å². The summed E-state index contributed by atoms with van der Waals surface area (Å²) in [6, 6.07) is 7.12. The molecule has 1 aliphatic carbocycles. The van der Waals surface area contributed by atoms with Crippen molar-refractivity contribution in [3.8, 4) is 11.3 Å². The van der Waals surface area contributed by atoms with Crippen LogP contribution in [0, 0.1) is 0 Å². The summed E-state index contributed by atoms with van der Waals surface area (Å²) < 4.78 is 25.6. The average Bonchev–Trinajstić information content (AvgIpc) is 3.34. The van der Waals surface area contributed by atoms with Crippen LogP contribution in [0.25, 0.3) is 21.5 Å². The molecule has 11 heteroatoms. The van der Waals surface area contributed by atoms with E-state index >= 15 is 0 Å². The fourth-order valence-corrected chi connectivity index (χ4v) is 4.33. The minimum Gasteiger partial charge on any atom is -0.397 e. The Hall–Kier alpha value is -2.92. The average molecular weight is 419 g/mol.